The molecule has 0 unspecified atom stereocenters. The van der Waals surface area contributed by atoms with Crippen LogP contribution in [0.15, 0.2) is 24.7 Å². The minimum Gasteiger partial charge on any atom is -0.370 e. The highest BCUT2D eigenvalue weighted by atomic mass is 16.5. The molecule has 1 fully saturated rings. The van der Waals surface area contributed by atoms with Gasteiger partial charge in [0.25, 0.3) is 5.91 Å². The normalized spacial score (nSPS) is 17.7. The van der Waals surface area contributed by atoms with Crippen LogP contribution < -0.4 is 5.32 Å². The zero-order valence-electron chi connectivity index (χ0n) is 13.0. The SMILES string of the molecule is Cc1nccc(C(=O)NCc2cnc([C@@H]3CCCCO3)nc2)n1. The van der Waals surface area contributed by atoms with E-state index in [1.165, 1.54) is 0 Å². The molecule has 0 bridgehead atoms. The first-order valence-electron chi connectivity index (χ1n) is 7.72. The van der Waals surface area contributed by atoms with Crippen molar-refractivity contribution in [2.24, 2.45) is 0 Å². The van der Waals surface area contributed by atoms with Gasteiger partial charge in [0.1, 0.15) is 17.6 Å². The molecule has 0 aromatic carbocycles. The summed E-state index contributed by atoms with van der Waals surface area (Å²) in [6.07, 6.45) is 8.23. The third kappa shape index (κ3) is 4.07. The zero-order valence-corrected chi connectivity index (χ0v) is 13.0. The van der Waals surface area contributed by atoms with Crippen molar-refractivity contribution in [1.82, 2.24) is 25.3 Å². The second kappa shape index (κ2) is 7.23. The van der Waals surface area contributed by atoms with Gasteiger partial charge in [-0.1, -0.05) is 0 Å². The Bertz CT molecular complexity index is 668. The van der Waals surface area contributed by atoms with E-state index in [0.29, 0.717) is 23.9 Å². The molecule has 1 saturated heterocycles. The molecule has 3 heterocycles. The summed E-state index contributed by atoms with van der Waals surface area (Å²) in [5.41, 5.74) is 1.19. The van der Waals surface area contributed by atoms with Gasteiger partial charge in [0, 0.05) is 37.3 Å². The standard InChI is InChI=1S/C16H19N5O2/c1-11-17-6-5-13(21-11)16(22)20-10-12-8-18-15(19-9-12)14-4-2-3-7-23-14/h5-6,8-9,14H,2-4,7,10H2,1H3,(H,20,22)/t14-/m0/s1. The van der Waals surface area contributed by atoms with E-state index in [1.54, 1.807) is 31.6 Å². The number of nitrogens with zero attached hydrogens (tertiary/aromatic N) is 4. The van der Waals surface area contributed by atoms with E-state index >= 15 is 0 Å². The van der Waals surface area contributed by atoms with E-state index < -0.39 is 0 Å². The van der Waals surface area contributed by atoms with Crippen LogP contribution in [-0.4, -0.2) is 32.4 Å². The summed E-state index contributed by atoms with van der Waals surface area (Å²) in [7, 11) is 0. The number of carbonyl (C=O) groups excluding carboxylic acids is 1. The number of aromatic nitrogens is 4. The average Bonchev–Trinajstić information content (AvgIpc) is 2.61. The van der Waals surface area contributed by atoms with Crippen LogP contribution in [0.25, 0.3) is 0 Å². The fraction of sp³-hybridized carbons (Fsp3) is 0.438. The van der Waals surface area contributed by atoms with Crippen LogP contribution >= 0.6 is 0 Å². The van der Waals surface area contributed by atoms with Crippen LogP contribution in [0.4, 0.5) is 0 Å². The molecule has 0 radical (unpaired) electrons. The average molecular weight is 313 g/mol. The lowest BCUT2D eigenvalue weighted by atomic mass is 10.1. The van der Waals surface area contributed by atoms with Gasteiger partial charge in [-0.05, 0) is 32.3 Å². The van der Waals surface area contributed by atoms with Crippen molar-refractivity contribution in [2.75, 3.05) is 6.61 Å². The Morgan fingerprint density at radius 2 is 2.13 bits per heavy atom. The van der Waals surface area contributed by atoms with Crippen LogP contribution in [0.3, 0.4) is 0 Å². The number of hydrogen-bond donors (Lipinski definition) is 1. The first kappa shape index (κ1) is 15.5. The van der Waals surface area contributed by atoms with Gasteiger partial charge >= 0.3 is 0 Å². The summed E-state index contributed by atoms with van der Waals surface area (Å²) < 4.78 is 5.66. The van der Waals surface area contributed by atoms with Crippen molar-refractivity contribution < 1.29 is 9.53 Å². The van der Waals surface area contributed by atoms with E-state index in [0.717, 1.165) is 31.4 Å². The monoisotopic (exact) mass is 313 g/mol. The van der Waals surface area contributed by atoms with E-state index in [-0.39, 0.29) is 12.0 Å². The first-order chi connectivity index (χ1) is 11.2. The second-order valence-electron chi connectivity index (χ2n) is 5.48. The Balaban J connectivity index is 1.57. The van der Waals surface area contributed by atoms with Crippen molar-refractivity contribution in [3.8, 4) is 0 Å². The van der Waals surface area contributed by atoms with Gasteiger partial charge in [0.05, 0.1) is 0 Å². The van der Waals surface area contributed by atoms with Gasteiger partial charge in [-0.25, -0.2) is 19.9 Å². The molecule has 3 rings (SSSR count). The molecule has 0 aliphatic carbocycles. The summed E-state index contributed by atoms with van der Waals surface area (Å²) in [5, 5.41) is 2.80. The lowest BCUT2D eigenvalue weighted by Crippen LogP contribution is -2.24. The van der Waals surface area contributed by atoms with Crippen LogP contribution in [0.5, 0.6) is 0 Å². The molecule has 0 spiro atoms. The number of ether oxygens (including phenoxy) is 1. The summed E-state index contributed by atoms with van der Waals surface area (Å²) in [5.74, 6) is 1.04. The molecule has 0 saturated carbocycles. The third-order valence-corrected chi connectivity index (χ3v) is 3.65. The fourth-order valence-electron chi connectivity index (χ4n) is 2.42. The lowest BCUT2D eigenvalue weighted by Gasteiger charge is -2.21. The molecule has 7 heteroatoms. The number of hydrogen-bond acceptors (Lipinski definition) is 6. The molecular weight excluding hydrogens is 294 g/mol. The molecule has 1 aliphatic rings. The van der Waals surface area contributed by atoms with Crippen molar-refractivity contribution >= 4 is 5.91 Å². The van der Waals surface area contributed by atoms with Crippen LogP contribution in [-0.2, 0) is 11.3 Å². The van der Waals surface area contributed by atoms with E-state index in [2.05, 4.69) is 25.3 Å². The molecule has 2 aromatic rings. The Labute approximate surface area is 134 Å². The van der Waals surface area contributed by atoms with E-state index in [9.17, 15) is 4.79 Å². The maximum absolute atomic E-state index is 12.0. The van der Waals surface area contributed by atoms with Crippen molar-refractivity contribution in [2.45, 2.75) is 38.8 Å². The molecular formula is C16H19N5O2. The molecule has 1 aliphatic heterocycles. The van der Waals surface area contributed by atoms with E-state index in [1.807, 2.05) is 0 Å². The maximum atomic E-state index is 12.0. The maximum Gasteiger partial charge on any atom is 0.270 e. The highest BCUT2D eigenvalue weighted by molar-refractivity contribution is 5.92. The summed E-state index contributed by atoms with van der Waals surface area (Å²) >= 11 is 0. The van der Waals surface area contributed by atoms with Crippen molar-refractivity contribution in [3.05, 3.63) is 47.6 Å². The van der Waals surface area contributed by atoms with Crippen molar-refractivity contribution in [3.63, 3.8) is 0 Å². The zero-order chi connectivity index (χ0) is 16.1. The van der Waals surface area contributed by atoms with Crippen molar-refractivity contribution in [1.29, 1.82) is 0 Å². The lowest BCUT2D eigenvalue weighted by molar-refractivity contribution is 0.00940. The quantitative estimate of drug-likeness (QED) is 0.925. The number of carbonyl (C=O) groups is 1. The molecule has 7 nitrogen and oxygen atoms in total. The third-order valence-electron chi connectivity index (χ3n) is 3.65. The Kier molecular flexibility index (Phi) is 4.87. The Morgan fingerprint density at radius 1 is 1.30 bits per heavy atom. The smallest absolute Gasteiger partial charge is 0.270 e. The predicted molar refractivity (Wildman–Crippen MR) is 82.5 cm³/mol. The summed E-state index contributed by atoms with van der Waals surface area (Å²) in [6, 6.07) is 1.59. The van der Waals surface area contributed by atoms with E-state index in [4.69, 9.17) is 4.74 Å². The molecule has 23 heavy (non-hydrogen) atoms. The van der Waals surface area contributed by atoms with Gasteiger partial charge in [0.15, 0.2) is 5.82 Å². The first-order valence-corrected chi connectivity index (χ1v) is 7.72. The minimum atomic E-state index is -0.241. The van der Waals surface area contributed by atoms with Crippen LogP contribution in [0, 0.1) is 6.92 Å². The van der Waals surface area contributed by atoms with Gasteiger partial charge in [-0.2, -0.15) is 0 Å². The minimum absolute atomic E-state index is 0.00335. The number of amides is 1. The summed E-state index contributed by atoms with van der Waals surface area (Å²) in [6.45, 7) is 2.87. The van der Waals surface area contributed by atoms with Crippen LogP contribution in [0.1, 0.15) is 53.1 Å². The van der Waals surface area contributed by atoms with Gasteiger partial charge in [-0.3, -0.25) is 4.79 Å². The highest BCUT2D eigenvalue weighted by Gasteiger charge is 2.18. The van der Waals surface area contributed by atoms with Gasteiger partial charge < -0.3 is 10.1 Å². The Morgan fingerprint density at radius 3 is 2.83 bits per heavy atom. The number of aryl methyl sites for hydroxylation is 1. The van der Waals surface area contributed by atoms with Gasteiger partial charge in [-0.15, -0.1) is 0 Å². The second-order valence-corrected chi connectivity index (χ2v) is 5.48. The fourth-order valence-corrected chi connectivity index (χ4v) is 2.42. The highest BCUT2D eigenvalue weighted by Crippen LogP contribution is 2.24. The molecule has 1 atom stereocenters. The van der Waals surface area contributed by atoms with Crippen LogP contribution in [0.2, 0.25) is 0 Å². The number of rotatable bonds is 4. The largest absolute Gasteiger partial charge is 0.370 e. The molecule has 1 amide bonds. The predicted octanol–water partition coefficient (Wildman–Crippen LogP) is 1.75. The summed E-state index contributed by atoms with van der Waals surface area (Å²) in [4.78, 5) is 28.8. The molecule has 1 N–H and O–H groups in total. The number of nitrogens with one attached hydrogen (secondary N) is 1. The molecule has 120 valence electrons. The molecule has 2 aromatic heterocycles. The van der Waals surface area contributed by atoms with Gasteiger partial charge in [0.2, 0.25) is 0 Å². The topological polar surface area (TPSA) is 89.9 Å². The Hall–Kier alpha value is -2.41.